The number of aryl methyl sites for hydroxylation is 1. The predicted octanol–water partition coefficient (Wildman–Crippen LogP) is 3.26. The molecule has 2 aliphatic heterocycles. The Hall–Kier alpha value is -2.51. The summed E-state index contributed by atoms with van der Waals surface area (Å²) in [5, 5.41) is 3.48. The molecule has 28 heavy (non-hydrogen) atoms. The lowest BCUT2D eigenvalue weighted by atomic mass is 10.1. The lowest BCUT2D eigenvalue weighted by Gasteiger charge is -2.33. The van der Waals surface area contributed by atoms with Crippen LogP contribution in [0.1, 0.15) is 24.6 Å². The fourth-order valence-corrected chi connectivity index (χ4v) is 4.60. The Kier molecular flexibility index (Phi) is 5.54. The number of thiazole rings is 1. The fraction of sp³-hybridized carbons (Fsp3) is 0.381. The van der Waals surface area contributed by atoms with Crippen LogP contribution in [0.4, 0.5) is 5.13 Å². The number of aromatic nitrogens is 1. The van der Waals surface area contributed by atoms with Gasteiger partial charge >= 0.3 is 0 Å². The fourth-order valence-electron chi connectivity index (χ4n) is 3.68. The summed E-state index contributed by atoms with van der Waals surface area (Å²) in [4.78, 5) is 32.6. The van der Waals surface area contributed by atoms with E-state index in [0.29, 0.717) is 24.0 Å². The van der Waals surface area contributed by atoms with Crippen molar-refractivity contribution < 1.29 is 14.3 Å². The van der Waals surface area contributed by atoms with Gasteiger partial charge in [0.05, 0.1) is 12.2 Å². The van der Waals surface area contributed by atoms with Crippen molar-refractivity contribution in [3.05, 3.63) is 47.0 Å². The molecule has 2 aromatic rings. The highest BCUT2D eigenvalue weighted by molar-refractivity contribution is 7.16. The number of ketones is 1. The first-order valence-electron chi connectivity index (χ1n) is 9.61. The third-order valence-electron chi connectivity index (χ3n) is 5.08. The number of nitrogens with one attached hydrogen (secondary N) is 1. The van der Waals surface area contributed by atoms with Gasteiger partial charge in [0.15, 0.2) is 10.9 Å². The molecule has 1 aromatic heterocycles. The van der Waals surface area contributed by atoms with Gasteiger partial charge in [-0.15, -0.1) is 11.3 Å². The summed E-state index contributed by atoms with van der Waals surface area (Å²) in [6.45, 7) is 3.67. The molecule has 0 aliphatic carbocycles. The Morgan fingerprint density at radius 2 is 2.04 bits per heavy atom. The first kappa shape index (κ1) is 18.8. The number of benzene rings is 1. The summed E-state index contributed by atoms with van der Waals surface area (Å²) in [5.41, 5.74) is 2.38. The molecule has 3 heterocycles. The molecular formula is C21H23N3O3S. The second-order valence-corrected chi connectivity index (χ2v) is 8.02. The number of hydrogen-bond acceptors (Lipinski definition) is 6. The maximum absolute atomic E-state index is 12.9. The van der Waals surface area contributed by atoms with Gasteiger partial charge in [-0.3, -0.25) is 14.9 Å². The van der Waals surface area contributed by atoms with Gasteiger partial charge < -0.3 is 9.64 Å². The zero-order valence-electron chi connectivity index (χ0n) is 15.8. The zero-order valence-corrected chi connectivity index (χ0v) is 16.6. The summed E-state index contributed by atoms with van der Waals surface area (Å²) in [7, 11) is 0. The van der Waals surface area contributed by atoms with Crippen LogP contribution in [0.2, 0.25) is 0 Å². The molecule has 7 heteroatoms. The van der Waals surface area contributed by atoms with E-state index in [1.165, 1.54) is 17.4 Å². The molecule has 2 aliphatic rings. The highest BCUT2D eigenvalue weighted by Gasteiger charge is 2.33. The summed E-state index contributed by atoms with van der Waals surface area (Å²) in [6, 6.07) is 10.1. The van der Waals surface area contributed by atoms with E-state index in [2.05, 4.69) is 17.2 Å². The van der Waals surface area contributed by atoms with E-state index < -0.39 is 0 Å². The normalized spacial score (nSPS) is 17.7. The van der Waals surface area contributed by atoms with E-state index >= 15 is 0 Å². The molecule has 0 saturated carbocycles. The second-order valence-electron chi connectivity index (χ2n) is 6.93. The van der Waals surface area contributed by atoms with Crippen LogP contribution in [-0.2, 0) is 20.7 Å². The average molecular weight is 398 g/mol. The molecule has 1 amide bonds. The van der Waals surface area contributed by atoms with Crippen LogP contribution < -0.4 is 5.32 Å². The highest BCUT2D eigenvalue weighted by atomic mass is 32.1. The third kappa shape index (κ3) is 3.86. The van der Waals surface area contributed by atoms with Crippen molar-refractivity contribution in [1.82, 2.24) is 9.88 Å². The lowest BCUT2D eigenvalue weighted by molar-refractivity contribution is -0.115. The van der Waals surface area contributed by atoms with Gasteiger partial charge in [-0.2, -0.15) is 0 Å². The van der Waals surface area contributed by atoms with Crippen molar-refractivity contribution in [3.63, 3.8) is 0 Å². The maximum Gasteiger partial charge on any atom is 0.273 e. The monoisotopic (exact) mass is 397 g/mol. The van der Waals surface area contributed by atoms with Crippen LogP contribution in [-0.4, -0.2) is 47.4 Å². The topological polar surface area (TPSA) is 71.5 Å². The molecule has 1 aromatic carbocycles. The molecule has 0 unspecified atom stereocenters. The quantitative estimate of drug-likeness (QED) is 0.839. The van der Waals surface area contributed by atoms with Crippen molar-refractivity contribution in [3.8, 4) is 11.3 Å². The lowest BCUT2D eigenvalue weighted by Crippen LogP contribution is -2.41. The molecule has 1 N–H and O–H groups in total. The van der Waals surface area contributed by atoms with Crippen LogP contribution in [0.5, 0.6) is 0 Å². The molecule has 0 atom stereocenters. The number of rotatable bonds is 5. The Morgan fingerprint density at radius 1 is 1.29 bits per heavy atom. The minimum Gasteiger partial charge on any atom is -0.381 e. The Morgan fingerprint density at radius 3 is 2.75 bits per heavy atom. The first-order chi connectivity index (χ1) is 13.7. The van der Waals surface area contributed by atoms with Crippen LogP contribution >= 0.6 is 11.3 Å². The number of ether oxygens (including phenoxy) is 1. The molecule has 4 rings (SSSR count). The van der Waals surface area contributed by atoms with Crippen LogP contribution in [0.25, 0.3) is 11.3 Å². The minimum absolute atomic E-state index is 0.0324. The maximum atomic E-state index is 12.9. The van der Waals surface area contributed by atoms with E-state index in [-0.39, 0.29) is 24.3 Å². The second kappa shape index (κ2) is 8.24. The van der Waals surface area contributed by atoms with Crippen molar-refractivity contribution in [2.24, 2.45) is 0 Å². The standard InChI is InChI=1S/C21H23N3O3S/c1-2-18-19(14-6-4-3-5-7-14)22-21(28-18)23-20(26)17-12-16(25)13-24(17)15-8-10-27-11-9-15/h3-7,12,15H,2,8-11,13H2,1H3,(H,22,23,26). The van der Waals surface area contributed by atoms with Gasteiger partial charge in [0, 0.05) is 35.8 Å². The molecule has 6 nitrogen and oxygen atoms in total. The Labute approximate surface area is 168 Å². The zero-order chi connectivity index (χ0) is 19.5. The van der Waals surface area contributed by atoms with Gasteiger partial charge in [-0.05, 0) is 19.3 Å². The van der Waals surface area contributed by atoms with Crippen molar-refractivity contribution in [1.29, 1.82) is 0 Å². The minimum atomic E-state index is -0.270. The average Bonchev–Trinajstić information content (AvgIpc) is 3.32. The van der Waals surface area contributed by atoms with Crippen LogP contribution in [0.3, 0.4) is 0 Å². The first-order valence-corrected chi connectivity index (χ1v) is 10.4. The van der Waals surface area contributed by atoms with Gasteiger partial charge in [-0.25, -0.2) is 4.98 Å². The smallest absolute Gasteiger partial charge is 0.273 e. The van der Waals surface area contributed by atoms with Gasteiger partial charge in [0.25, 0.3) is 5.91 Å². The summed E-state index contributed by atoms with van der Waals surface area (Å²) < 4.78 is 5.41. The van der Waals surface area contributed by atoms with Crippen molar-refractivity contribution in [2.45, 2.75) is 32.2 Å². The number of carbonyl (C=O) groups excluding carboxylic acids is 2. The van der Waals surface area contributed by atoms with E-state index in [0.717, 1.165) is 35.4 Å². The number of nitrogens with zero attached hydrogens (tertiary/aromatic N) is 2. The number of amides is 1. The molecule has 0 spiro atoms. The van der Waals surface area contributed by atoms with Gasteiger partial charge in [0.1, 0.15) is 5.70 Å². The molecule has 1 saturated heterocycles. The predicted molar refractivity (Wildman–Crippen MR) is 109 cm³/mol. The number of hydrogen-bond donors (Lipinski definition) is 1. The van der Waals surface area contributed by atoms with Gasteiger partial charge in [-0.1, -0.05) is 37.3 Å². The molecule has 0 radical (unpaired) electrons. The third-order valence-corrected chi connectivity index (χ3v) is 6.20. The van der Waals surface area contributed by atoms with Crippen LogP contribution in [0, 0.1) is 0 Å². The Balaban J connectivity index is 1.53. The summed E-state index contributed by atoms with van der Waals surface area (Å²) >= 11 is 1.49. The summed E-state index contributed by atoms with van der Waals surface area (Å²) in [6.07, 6.45) is 3.95. The van der Waals surface area contributed by atoms with E-state index in [9.17, 15) is 9.59 Å². The number of anilines is 1. The largest absolute Gasteiger partial charge is 0.381 e. The molecular weight excluding hydrogens is 374 g/mol. The van der Waals surface area contributed by atoms with E-state index in [1.807, 2.05) is 35.2 Å². The Bertz CT molecular complexity index is 901. The van der Waals surface area contributed by atoms with Crippen molar-refractivity contribution >= 4 is 28.2 Å². The molecule has 0 bridgehead atoms. The summed E-state index contributed by atoms with van der Waals surface area (Å²) in [5.74, 6) is -0.302. The highest BCUT2D eigenvalue weighted by Crippen LogP contribution is 2.32. The molecule has 146 valence electrons. The van der Waals surface area contributed by atoms with E-state index in [1.54, 1.807) is 0 Å². The van der Waals surface area contributed by atoms with Crippen molar-refractivity contribution in [2.75, 3.05) is 25.1 Å². The van der Waals surface area contributed by atoms with E-state index in [4.69, 9.17) is 4.74 Å². The van der Waals surface area contributed by atoms with Crippen LogP contribution in [0.15, 0.2) is 42.1 Å². The molecule has 1 fully saturated rings. The number of carbonyl (C=O) groups is 2. The SMILES string of the molecule is CCc1sc(NC(=O)C2=CC(=O)CN2C2CCOCC2)nc1-c1ccccc1. The van der Waals surface area contributed by atoms with Gasteiger partial charge in [0.2, 0.25) is 0 Å².